The second kappa shape index (κ2) is 2.88. The molecule has 0 aliphatic heterocycles. The summed E-state index contributed by atoms with van der Waals surface area (Å²) in [6, 6.07) is 6.48. The van der Waals surface area contributed by atoms with Gasteiger partial charge < -0.3 is 0 Å². The highest BCUT2D eigenvalue weighted by Crippen LogP contribution is 2.40. The summed E-state index contributed by atoms with van der Waals surface area (Å²) >= 11 is 3.48. The van der Waals surface area contributed by atoms with Gasteiger partial charge in [-0.05, 0) is 41.8 Å². The van der Waals surface area contributed by atoms with Gasteiger partial charge in [-0.25, -0.2) is 0 Å². The maximum absolute atomic E-state index is 3.48. The molecule has 11 heavy (non-hydrogen) atoms. The van der Waals surface area contributed by atoms with Gasteiger partial charge in [0.05, 0.1) is 0 Å². The van der Waals surface area contributed by atoms with Crippen molar-refractivity contribution in [1.29, 1.82) is 0 Å². The van der Waals surface area contributed by atoms with Crippen LogP contribution in [0.25, 0.3) is 0 Å². The normalized spacial score (nSPS) is 16.9. The molecule has 2 heteroatoms. The first kappa shape index (κ1) is 7.76. The minimum absolute atomic E-state index is 0.847. The van der Waals surface area contributed by atoms with E-state index in [9.17, 15) is 0 Å². The lowest BCUT2D eigenvalue weighted by Gasteiger charge is -2.02. The Morgan fingerprint density at radius 1 is 1.36 bits per heavy atom. The van der Waals surface area contributed by atoms with Crippen LogP contribution >= 0.6 is 25.2 Å². The Hall–Kier alpha value is 0.130. The third-order valence-corrected chi connectivity index (χ3v) is 3.09. The molecule has 0 heterocycles. The van der Waals surface area contributed by atoms with E-state index >= 15 is 0 Å². The first-order valence-electron chi connectivity index (χ1n) is 3.82. The number of benzene rings is 1. The van der Waals surface area contributed by atoms with Crippen molar-refractivity contribution < 1.29 is 0 Å². The second-order valence-electron chi connectivity index (χ2n) is 3.05. The van der Waals surface area contributed by atoms with Crippen LogP contribution < -0.4 is 5.30 Å². The predicted octanol–water partition coefficient (Wildman–Crippen LogP) is 2.83. The summed E-state index contributed by atoms with van der Waals surface area (Å²) in [5, 5.41) is 1.36. The molecule has 1 aliphatic carbocycles. The molecule has 1 unspecified atom stereocenters. The van der Waals surface area contributed by atoms with Crippen LogP contribution in [0.1, 0.15) is 24.3 Å². The molecule has 0 N–H and O–H groups in total. The number of halogens is 1. The Labute approximate surface area is 77.7 Å². The Balaban J connectivity index is 2.42. The molecule has 58 valence electrons. The number of rotatable bonds is 1. The topological polar surface area (TPSA) is 0 Å². The van der Waals surface area contributed by atoms with Crippen LogP contribution in [0.2, 0.25) is 0 Å². The lowest BCUT2D eigenvalue weighted by atomic mass is 10.1. The molecule has 0 spiro atoms. The molecule has 1 aromatic carbocycles. The van der Waals surface area contributed by atoms with Crippen molar-refractivity contribution in [2.75, 3.05) is 0 Å². The molecule has 0 bridgehead atoms. The van der Waals surface area contributed by atoms with Gasteiger partial charge in [-0.2, -0.15) is 0 Å². The van der Waals surface area contributed by atoms with Crippen LogP contribution in [0.4, 0.5) is 0 Å². The van der Waals surface area contributed by atoms with Crippen LogP contribution in [-0.4, -0.2) is 0 Å². The molecular weight excluding hydrogens is 219 g/mol. The molecule has 0 nitrogen and oxygen atoms in total. The van der Waals surface area contributed by atoms with Crippen LogP contribution in [0.15, 0.2) is 22.7 Å². The lowest BCUT2D eigenvalue weighted by Crippen LogP contribution is -1.98. The molecule has 0 saturated heterocycles. The maximum atomic E-state index is 3.48. The number of hydrogen-bond acceptors (Lipinski definition) is 0. The molecule has 0 aromatic heterocycles. The molecule has 0 amide bonds. The third kappa shape index (κ3) is 1.65. The standard InChI is InChI=1S/C9H10BrP/c10-7-3-4-9(11)8(5-7)6-1-2-6/h3-6H,1-2,11H2. The second-order valence-corrected chi connectivity index (χ2v) is 4.59. The summed E-state index contributed by atoms with van der Waals surface area (Å²) in [5.74, 6) is 0.847. The zero-order valence-electron chi connectivity index (χ0n) is 6.18. The highest BCUT2D eigenvalue weighted by atomic mass is 79.9. The monoisotopic (exact) mass is 228 g/mol. The summed E-state index contributed by atoms with van der Waals surface area (Å²) in [4.78, 5) is 0. The van der Waals surface area contributed by atoms with Crippen molar-refractivity contribution >= 4 is 30.5 Å². The zero-order chi connectivity index (χ0) is 7.84. The smallest absolute Gasteiger partial charge is 0.0178 e. The molecule has 1 saturated carbocycles. The molecule has 2 rings (SSSR count). The third-order valence-electron chi connectivity index (χ3n) is 2.07. The summed E-state index contributed by atoms with van der Waals surface area (Å²) in [6.07, 6.45) is 2.75. The van der Waals surface area contributed by atoms with Crippen LogP contribution in [0.5, 0.6) is 0 Å². The van der Waals surface area contributed by atoms with E-state index in [-0.39, 0.29) is 0 Å². The van der Waals surface area contributed by atoms with E-state index in [2.05, 4.69) is 43.4 Å². The predicted molar refractivity (Wildman–Crippen MR) is 55.5 cm³/mol. The van der Waals surface area contributed by atoms with Crippen molar-refractivity contribution in [2.45, 2.75) is 18.8 Å². The lowest BCUT2D eigenvalue weighted by molar-refractivity contribution is 1.14. The van der Waals surface area contributed by atoms with E-state index in [1.54, 1.807) is 0 Å². The van der Waals surface area contributed by atoms with Crippen molar-refractivity contribution in [3.63, 3.8) is 0 Å². The Bertz CT molecular complexity index is 279. The maximum Gasteiger partial charge on any atom is 0.0178 e. The fraction of sp³-hybridized carbons (Fsp3) is 0.333. The van der Waals surface area contributed by atoms with E-state index in [1.807, 2.05) is 0 Å². The van der Waals surface area contributed by atoms with Crippen molar-refractivity contribution in [2.24, 2.45) is 0 Å². The van der Waals surface area contributed by atoms with E-state index < -0.39 is 0 Å². The summed E-state index contributed by atoms with van der Waals surface area (Å²) in [7, 11) is 2.80. The van der Waals surface area contributed by atoms with Crippen LogP contribution in [0, 0.1) is 0 Å². The molecule has 1 aliphatic rings. The minimum Gasteiger partial charge on any atom is -0.105 e. The average molecular weight is 229 g/mol. The van der Waals surface area contributed by atoms with Gasteiger partial charge in [-0.15, -0.1) is 9.24 Å². The van der Waals surface area contributed by atoms with E-state index in [1.165, 1.54) is 28.2 Å². The summed E-state index contributed by atoms with van der Waals surface area (Å²) < 4.78 is 1.20. The first-order valence-corrected chi connectivity index (χ1v) is 5.19. The Kier molecular flexibility index (Phi) is 2.03. The van der Waals surface area contributed by atoms with Crippen molar-refractivity contribution in [1.82, 2.24) is 0 Å². The highest BCUT2D eigenvalue weighted by molar-refractivity contribution is 9.10. The molecule has 1 atom stereocenters. The van der Waals surface area contributed by atoms with Crippen molar-refractivity contribution in [3.8, 4) is 0 Å². The van der Waals surface area contributed by atoms with Gasteiger partial charge in [0.1, 0.15) is 0 Å². The average Bonchev–Trinajstić information content (AvgIpc) is 2.76. The summed E-state index contributed by atoms with van der Waals surface area (Å²) in [5.41, 5.74) is 1.50. The first-order chi connectivity index (χ1) is 5.27. The summed E-state index contributed by atoms with van der Waals surface area (Å²) in [6.45, 7) is 0. The van der Waals surface area contributed by atoms with E-state index in [4.69, 9.17) is 0 Å². The van der Waals surface area contributed by atoms with E-state index in [0.717, 1.165) is 5.92 Å². The minimum atomic E-state index is 0.847. The molecule has 1 fully saturated rings. The zero-order valence-corrected chi connectivity index (χ0v) is 8.92. The van der Waals surface area contributed by atoms with Gasteiger partial charge in [-0.3, -0.25) is 0 Å². The van der Waals surface area contributed by atoms with Gasteiger partial charge in [0.25, 0.3) is 0 Å². The van der Waals surface area contributed by atoms with Crippen LogP contribution in [0.3, 0.4) is 0 Å². The molecular formula is C9H10BrP. The van der Waals surface area contributed by atoms with E-state index in [0.29, 0.717) is 0 Å². The highest BCUT2D eigenvalue weighted by Gasteiger charge is 2.24. The van der Waals surface area contributed by atoms with Gasteiger partial charge in [0.15, 0.2) is 0 Å². The van der Waals surface area contributed by atoms with Crippen LogP contribution in [-0.2, 0) is 0 Å². The number of hydrogen-bond donors (Lipinski definition) is 0. The van der Waals surface area contributed by atoms with Crippen molar-refractivity contribution in [3.05, 3.63) is 28.2 Å². The van der Waals surface area contributed by atoms with Gasteiger partial charge >= 0.3 is 0 Å². The molecule has 0 radical (unpaired) electrons. The quantitative estimate of drug-likeness (QED) is 0.649. The Morgan fingerprint density at radius 3 is 2.73 bits per heavy atom. The van der Waals surface area contributed by atoms with Gasteiger partial charge in [0, 0.05) is 4.47 Å². The van der Waals surface area contributed by atoms with Gasteiger partial charge in [-0.1, -0.05) is 22.0 Å². The Morgan fingerprint density at radius 2 is 2.09 bits per heavy atom. The fourth-order valence-corrected chi connectivity index (χ4v) is 2.09. The molecule has 1 aromatic rings. The largest absolute Gasteiger partial charge is 0.105 e. The fourth-order valence-electron chi connectivity index (χ4n) is 1.29. The van der Waals surface area contributed by atoms with Gasteiger partial charge in [0.2, 0.25) is 0 Å². The SMILES string of the molecule is Pc1ccc(Br)cc1C1CC1.